The quantitative estimate of drug-likeness (QED) is 0.524. The molecule has 1 aliphatic carbocycles. The molecule has 1 fully saturated rings. The van der Waals surface area contributed by atoms with E-state index < -0.39 is 0 Å². The number of hydrogen-bond acceptors (Lipinski definition) is 3. The van der Waals surface area contributed by atoms with Crippen molar-refractivity contribution in [1.29, 1.82) is 0 Å². The lowest BCUT2D eigenvalue weighted by Gasteiger charge is -2.16. The van der Waals surface area contributed by atoms with Crippen LogP contribution in [0.3, 0.4) is 0 Å². The largest absolute Gasteiger partial charge is 0.326 e. The van der Waals surface area contributed by atoms with E-state index in [-0.39, 0.29) is 29.7 Å². The average molecular weight is 208 g/mol. The smallest absolute Gasteiger partial charge is 0.233 e. The van der Waals surface area contributed by atoms with E-state index in [9.17, 15) is 9.59 Å². The lowest BCUT2D eigenvalue weighted by Crippen LogP contribution is -2.40. The van der Waals surface area contributed by atoms with E-state index in [1.807, 2.05) is 12.2 Å². The maximum Gasteiger partial charge on any atom is 0.233 e. The number of fused-ring (bicyclic) bond motifs is 1. The topological polar surface area (TPSA) is 63.4 Å². The first kappa shape index (κ1) is 10.4. The summed E-state index contributed by atoms with van der Waals surface area (Å²) in [4.78, 5) is 25.1. The maximum absolute atomic E-state index is 11.9. The van der Waals surface area contributed by atoms with Gasteiger partial charge in [0.1, 0.15) is 0 Å². The molecule has 1 aliphatic heterocycles. The molecule has 0 saturated carbocycles. The van der Waals surface area contributed by atoms with Crippen LogP contribution in [0.1, 0.15) is 19.8 Å². The van der Waals surface area contributed by atoms with Crippen molar-refractivity contribution in [2.24, 2.45) is 17.6 Å². The summed E-state index contributed by atoms with van der Waals surface area (Å²) in [7, 11) is 0. The van der Waals surface area contributed by atoms with Gasteiger partial charge in [-0.2, -0.15) is 0 Å². The van der Waals surface area contributed by atoms with Gasteiger partial charge in [0.15, 0.2) is 0 Å². The molecule has 0 aromatic rings. The van der Waals surface area contributed by atoms with Crippen LogP contribution in [0.2, 0.25) is 0 Å². The monoisotopic (exact) mass is 208 g/mol. The molecule has 2 aliphatic rings. The minimum atomic E-state index is -0.147. The van der Waals surface area contributed by atoms with Crippen molar-refractivity contribution < 1.29 is 9.59 Å². The first-order chi connectivity index (χ1) is 7.11. The van der Waals surface area contributed by atoms with Crippen LogP contribution >= 0.6 is 0 Å². The summed E-state index contributed by atoms with van der Waals surface area (Å²) in [6.45, 7) is 2.16. The maximum atomic E-state index is 11.9. The first-order valence-electron chi connectivity index (χ1n) is 5.37. The highest BCUT2D eigenvalue weighted by Gasteiger charge is 2.46. The molecule has 0 unspecified atom stereocenters. The second-order valence-electron chi connectivity index (χ2n) is 4.42. The molecular formula is C11H16N2O2. The molecule has 3 atom stereocenters. The Kier molecular flexibility index (Phi) is 2.61. The Balaban J connectivity index is 2.17. The molecule has 0 radical (unpaired) electrons. The second-order valence-corrected chi connectivity index (χ2v) is 4.42. The first-order valence-corrected chi connectivity index (χ1v) is 5.37. The number of hydrogen-bond donors (Lipinski definition) is 1. The highest BCUT2D eigenvalue weighted by Crippen LogP contribution is 2.34. The SMILES string of the molecule is C[C@H](N)CN1C(=O)[C@H]2CC=CC[C@H]2C1=O. The third-order valence-corrected chi connectivity index (χ3v) is 3.07. The van der Waals surface area contributed by atoms with Crippen molar-refractivity contribution in [2.45, 2.75) is 25.8 Å². The standard InChI is InChI=1S/C11H16N2O2/c1-7(12)6-13-10(14)8-4-2-3-5-9(8)11(13)15/h2-3,7-9H,4-6,12H2,1H3/t7-,8-,9+/m0/s1. The van der Waals surface area contributed by atoms with Crippen molar-refractivity contribution in [3.05, 3.63) is 12.2 Å². The number of nitrogens with two attached hydrogens (primary N) is 1. The van der Waals surface area contributed by atoms with Gasteiger partial charge in [-0.1, -0.05) is 12.2 Å². The van der Waals surface area contributed by atoms with Crippen LogP contribution in [0, 0.1) is 11.8 Å². The number of rotatable bonds is 2. The number of allylic oxidation sites excluding steroid dienone is 2. The Labute approximate surface area is 89.1 Å². The highest BCUT2D eigenvalue weighted by molar-refractivity contribution is 6.05. The molecule has 0 spiro atoms. The summed E-state index contributed by atoms with van der Waals surface area (Å²) in [6, 6.07) is -0.147. The van der Waals surface area contributed by atoms with Gasteiger partial charge in [-0.25, -0.2) is 0 Å². The van der Waals surface area contributed by atoms with Crippen molar-refractivity contribution in [3.63, 3.8) is 0 Å². The zero-order chi connectivity index (χ0) is 11.0. The minimum absolute atomic E-state index is 0.0355. The number of carbonyl (C=O) groups excluding carboxylic acids is 2. The van der Waals surface area contributed by atoms with E-state index in [0.717, 1.165) is 0 Å². The Bertz CT molecular complexity index is 297. The van der Waals surface area contributed by atoms with Crippen LogP contribution in [0.15, 0.2) is 12.2 Å². The van der Waals surface area contributed by atoms with Crippen molar-refractivity contribution in [3.8, 4) is 0 Å². The predicted molar refractivity (Wildman–Crippen MR) is 55.7 cm³/mol. The molecule has 1 heterocycles. The van der Waals surface area contributed by atoms with E-state index in [0.29, 0.717) is 19.4 Å². The molecule has 1 saturated heterocycles. The third-order valence-electron chi connectivity index (χ3n) is 3.07. The fourth-order valence-corrected chi connectivity index (χ4v) is 2.34. The van der Waals surface area contributed by atoms with Gasteiger partial charge < -0.3 is 5.73 Å². The van der Waals surface area contributed by atoms with Gasteiger partial charge in [0.2, 0.25) is 11.8 Å². The zero-order valence-electron chi connectivity index (χ0n) is 8.85. The van der Waals surface area contributed by atoms with Gasteiger partial charge in [-0.15, -0.1) is 0 Å². The Morgan fingerprint density at radius 1 is 1.33 bits per heavy atom. The summed E-state index contributed by atoms with van der Waals surface area (Å²) < 4.78 is 0. The molecule has 0 aromatic carbocycles. The van der Waals surface area contributed by atoms with Gasteiger partial charge in [-0.3, -0.25) is 14.5 Å². The van der Waals surface area contributed by atoms with Gasteiger partial charge in [0.25, 0.3) is 0 Å². The van der Waals surface area contributed by atoms with Crippen LogP contribution in [0.5, 0.6) is 0 Å². The molecular weight excluding hydrogens is 192 g/mol. The summed E-state index contributed by atoms with van der Waals surface area (Å²) in [5.74, 6) is -0.319. The molecule has 4 nitrogen and oxygen atoms in total. The number of carbonyl (C=O) groups is 2. The number of imide groups is 1. The molecule has 2 amide bonds. The normalized spacial score (nSPS) is 32.0. The lowest BCUT2D eigenvalue weighted by molar-refractivity contribution is -0.140. The average Bonchev–Trinajstić information content (AvgIpc) is 2.44. The molecule has 4 heteroatoms. The summed E-state index contributed by atoms with van der Waals surface area (Å²) >= 11 is 0. The van der Waals surface area contributed by atoms with Crippen molar-refractivity contribution in [2.75, 3.05) is 6.54 Å². The highest BCUT2D eigenvalue weighted by atomic mass is 16.2. The fraction of sp³-hybridized carbons (Fsp3) is 0.636. The predicted octanol–water partition coefficient (Wildman–Crippen LogP) is 0.285. The molecule has 0 aromatic heterocycles. The molecule has 2 rings (SSSR count). The molecule has 0 bridgehead atoms. The van der Waals surface area contributed by atoms with Crippen molar-refractivity contribution >= 4 is 11.8 Å². The third kappa shape index (κ3) is 1.69. The number of amides is 2. The Morgan fingerprint density at radius 2 is 1.80 bits per heavy atom. The molecule has 2 N–H and O–H groups in total. The molecule has 82 valence electrons. The van der Waals surface area contributed by atoms with Crippen LogP contribution < -0.4 is 5.73 Å². The summed E-state index contributed by atoms with van der Waals surface area (Å²) in [6.07, 6.45) is 5.37. The van der Waals surface area contributed by atoms with E-state index >= 15 is 0 Å². The number of likely N-dealkylation sites (tertiary alicyclic amines) is 1. The van der Waals surface area contributed by atoms with E-state index in [2.05, 4.69) is 0 Å². The van der Waals surface area contributed by atoms with Crippen LogP contribution in [0.4, 0.5) is 0 Å². The number of nitrogens with zero attached hydrogens (tertiary/aromatic N) is 1. The van der Waals surface area contributed by atoms with Gasteiger partial charge in [0.05, 0.1) is 11.8 Å². The second kappa shape index (κ2) is 3.77. The minimum Gasteiger partial charge on any atom is -0.326 e. The van der Waals surface area contributed by atoms with Crippen LogP contribution in [0.25, 0.3) is 0 Å². The van der Waals surface area contributed by atoms with E-state index in [1.54, 1.807) is 6.92 Å². The fourth-order valence-electron chi connectivity index (χ4n) is 2.34. The van der Waals surface area contributed by atoms with Gasteiger partial charge in [0, 0.05) is 12.6 Å². The van der Waals surface area contributed by atoms with E-state index in [1.165, 1.54) is 4.90 Å². The zero-order valence-corrected chi connectivity index (χ0v) is 8.85. The summed E-state index contributed by atoms with van der Waals surface area (Å²) in [5, 5.41) is 0. The van der Waals surface area contributed by atoms with Gasteiger partial charge >= 0.3 is 0 Å². The summed E-state index contributed by atoms with van der Waals surface area (Å²) in [5.41, 5.74) is 5.62. The lowest BCUT2D eigenvalue weighted by atomic mass is 9.85. The van der Waals surface area contributed by atoms with Crippen LogP contribution in [-0.4, -0.2) is 29.3 Å². The van der Waals surface area contributed by atoms with E-state index in [4.69, 9.17) is 5.73 Å². The van der Waals surface area contributed by atoms with Crippen LogP contribution in [-0.2, 0) is 9.59 Å². The Hall–Kier alpha value is -1.16. The molecule has 15 heavy (non-hydrogen) atoms. The van der Waals surface area contributed by atoms with Gasteiger partial charge in [-0.05, 0) is 19.8 Å². The Morgan fingerprint density at radius 3 is 2.20 bits per heavy atom. The van der Waals surface area contributed by atoms with Crippen molar-refractivity contribution in [1.82, 2.24) is 4.90 Å².